The predicted octanol–water partition coefficient (Wildman–Crippen LogP) is -0.151. The molecule has 1 amide bonds. The fraction of sp³-hybridized carbons (Fsp3) is 0.688. The molecule has 0 N–H and O–H groups in total. The van der Waals surface area contributed by atoms with Gasteiger partial charge in [-0.2, -0.15) is 17.0 Å². The van der Waals surface area contributed by atoms with Gasteiger partial charge in [0.25, 0.3) is 10.2 Å². The van der Waals surface area contributed by atoms with Crippen molar-refractivity contribution in [3.8, 4) is 0 Å². The molecule has 0 bridgehead atoms. The summed E-state index contributed by atoms with van der Waals surface area (Å²) >= 11 is 0. The van der Waals surface area contributed by atoms with Crippen LogP contribution >= 0.6 is 0 Å². The van der Waals surface area contributed by atoms with Gasteiger partial charge < -0.3 is 14.2 Å². The third-order valence-electron chi connectivity index (χ3n) is 4.87. The zero-order valence-electron chi connectivity index (χ0n) is 14.6. The number of rotatable bonds is 5. The molecule has 3 rings (SSSR count). The molecule has 0 spiro atoms. The van der Waals surface area contributed by atoms with E-state index < -0.39 is 10.2 Å². The van der Waals surface area contributed by atoms with Crippen LogP contribution < -0.4 is 0 Å². The molecular formula is C16H26N4O4S. The zero-order valence-corrected chi connectivity index (χ0v) is 15.4. The summed E-state index contributed by atoms with van der Waals surface area (Å²) in [7, 11) is -1.42. The van der Waals surface area contributed by atoms with Crippen LogP contribution in [0, 0.1) is 0 Å². The number of carbonyl (C=O) groups excluding carboxylic acids is 1. The van der Waals surface area contributed by atoms with Crippen LogP contribution in [0.3, 0.4) is 0 Å². The lowest BCUT2D eigenvalue weighted by Crippen LogP contribution is -2.57. The summed E-state index contributed by atoms with van der Waals surface area (Å²) in [6.45, 7) is 4.19. The van der Waals surface area contributed by atoms with Gasteiger partial charge in [0.05, 0.1) is 6.26 Å². The predicted molar refractivity (Wildman–Crippen MR) is 93.2 cm³/mol. The highest BCUT2D eigenvalue weighted by Gasteiger charge is 2.34. The minimum atomic E-state index is -3.42. The average molecular weight is 370 g/mol. The van der Waals surface area contributed by atoms with Gasteiger partial charge in [0, 0.05) is 65.2 Å². The van der Waals surface area contributed by atoms with E-state index in [1.54, 1.807) is 15.5 Å². The largest absolute Gasteiger partial charge is 0.469 e. The molecule has 0 radical (unpaired) electrons. The smallest absolute Gasteiger partial charge is 0.282 e. The summed E-state index contributed by atoms with van der Waals surface area (Å²) in [5.74, 6) is 0.845. The molecule has 3 heterocycles. The Balaban J connectivity index is 1.48. The molecule has 2 saturated heterocycles. The molecule has 0 unspecified atom stereocenters. The summed E-state index contributed by atoms with van der Waals surface area (Å²) in [6, 6.07) is 3.66. The number of likely N-dealkylation sites (N-methyl/N-ethyl adjacent to an activating group) is 1. The van der Waals surface area contributed by atoms with Crippen molar-refractivity contribution < 1.29 is 17.6 Å². The third kappa shape index (κ3) is 4.41. The Labute approximate surface area is 149 Å². The van der Waals surface area contributed by atoms with Crippen LogP contribution in [-0.2, 0) is 21.4 Å². The Hall–Kier alpha value is -1.42. The maximum Gasteiger partial charge on any atom is 0.282 e. The lowest BCUT2D eigenvalue weighted by molar-refractivity contribution is -0.132. The van der Waals surface area contributed by atoms with Crippen LogP contribution in [-0.4, -0.2) is 92.1 Å². The van der Waals surface area contributed by atoms with Gasteiger partial charge in [-0.3, -0.25) is 4.79 Å². The maximum atomic E-state index is 12.7. The molecule has 0 aromatic carbocycles. The van der Waals surface area contributed by atoms with Crippen molar-refractivity contribution in [2.75, 3.05) is 59.4 Å². The van der Waals surface area contributed by atoms with Crippen LogP contribution in [0.4, 0.5) is 0 Å². The fourth-order valence-corrected chi connectivity index (χ4v) is 4.77. The number of hydrogen-bond donors (Lipinski definition) is 0. The summed E-state index contributed by atoms with van der Waals surface area (Å²) in [5, 5.41) is 0. The molecular weight excluding hydrogens is 344 g/mol. The second kappa shape index (κ2) is 7.86. The summed E-state index contributed by atoms with van der Waals surface area (Å²) in [6.07, 6.45) is 2.56. The van der Waals surface area contributed by atoms with Crippen LogP contribution in [0.25, 0.3) is 0 Å². The third-order valence-corrected chi connectivity index (χ3v) is 6.91. The summed E-state index contributed by atoms with van der Waals surface area (Å²) in [4.78, 5) is 16.2. The van der Waals surface area contributed by atoms with Crippen molar-refractivity contribution in [2.45, 2.75) is 12.8 Å². The van der Waals surface area contributed by atoms with E-state index in [0.29, 0.717) is 52.1 Å². The molecule has 1 aromatic heterocycles. The highest BCUT2D eigenvalue weighted by molar-refractivity contribution is 7.86. The molecule has 0 saturated carbocycles. The van der Waals surface area contributed by atoms with Gasteiger partial charge in [-0.25, -0.2) is 0 Å². The molecule has 0 atom stereocenters. The molecule has 2 fully saturated rings. The van der Waals surface area contributed by atoms with Gasteiger partial charge in [-0.15, -0.1) is 0 Å². The molecule has 0 aliphatic carbocycles. The Morgan fingerprint density at radius 3 is 2.20 bits per heavy atom. The Bertz CT molecular complexity index is 660. The van der Waals surface area contributed by atoms with Crippen molar-refractivity contribution in [2.24, 2.45) is 0 Å². The van der Waals surface area contributed by atoms with Crippen LogP contribution in [0.5, 0.6) is 0 Å². The second-order valence-electron chi connectivity index (χ2n) is 6.57. The highest BCUT2D eigenvalue weighted by Crippen LogP contribution is 2.15. The number of amides is 1. The van der Waals surface area contributed by atoms with Crippen LogP contribution in [0.1, 0.15) is 12.2 Å². The highest BCUT2D eigenvalue weighted by atomic mass is 32.2. The van der Waals surface area contributed by atoms with Crippen LogP contribution in [0.15, 0.2) is 22.8 Å². The van der Waals surface area contributed by atoms with E-state index in [4.69, 9.17) is 4.42 Å². The molecule has 2 aliphatic rings. The number of piperazine rings is 2. The standard InChI is InChI=1S/C16H26N4O4S/c1-17-6-10-19(11-7-17)25(22,23)20-12-8-18(9-13-20)16(21)5-4-15-3-2-14-24-15/h2-3,14H,4-13H2,1H3. The van der Waals surface area contributed by atoms with Crippen molar-refractivity contribution in [3.05, 3.63) is 24.2 Å². The van der Waals surface area contributed by atoms with Crippen molar-refractivity contribution in [3.63, 3.8) is 0 Å². The summed E-state index contributed by atoms with van der Waals surface area (Å²) < 4.78 is 33.8. The van der Waals surface area contributed by atoms with E-state index in [9.17, 15) is 13.2 Å². The monoisotopic (exact) mass is 370 g/mol. The van der Waals surface area contributed by atoms with Gasteiger partial charge in [0.1, 0.15) is 5.76 Å². The van der Waals surface area contributed by atoms with Crippen molar-refractivity contribution in [1.82, 2.24) is 18.4 Å². The SMILES string of the molecule is CN1CCN(S(=O)(=O)N2CCN(C(=O)CCc3ccco3)CC2)CC1. The quantitative estimate of drug-likeness (QED) is 0.720. The Morgan fingerprint density at radius 1 is 1.04 bits per heavy atom. The number of hydrogen-bond acceptors (Lipinski definition) is 5. The van der Waals surface area contributed by atoms with Gasteiger partial charge in [0.15, 0.2) is 0 Å². The maximum absolute atomic E-state index is 12.7. The zero-order chi connectivity index (χ0) is 17.9. The first-order chi connectivity index (χ1) is 12.0. The Morgan fingerprint density at radius 2 is 1.64 bits per heavy atom. The first-order valence-corrected chi connectivity index (χ1v) is 10.1. The number of aryl methyl sites for hydroxylation is 1. The fourth-order valence-electron chi connectivity index (χ4n) is 3.19. The molecule has 140 valence electrons. The van der Waals surface area contributed by atoms with E-state index in [-0.39, 0.29) is 5.91 Å². The van der Waals surface area contributed by atoms with E-state index in [1.165, 1.54) is 4.31 Å². The van der Waals surface area contributed by atoms with E-state index in [0.717, 1.165) is 18.8 Å². The topological polar surface area (TPSA) is 77.3 Å². The van der Waals surface area contributed by atoms with Gasteiger partial charge in [0.2, 0.25) is 5.91 Å². The molecule has 25 heavy (non-hydrogen) atoms. The molecule has 9 heteroatoms. The van der Waals surface area contributed by atoms with Crippen molar-refractivity contribution in [1.29, 1.82) is 0 Å². The number of carbonyl (C=O) groups is 1. The lowest BCUT2D eigenvalue weighted by Gasteiger charge is -2.39. The van der Waals surface area contributed by atoms with Gasteiger partial charge in [-0.1, -0.05) is 0 Å². The molecule has 8 nitrogen and oxygen atoms in total. The summed E-state index contributed by atoms with van der Waals surface area (Å²) in [5.41, 5.74) is 0. The Kier molecular flexibility index (Phi) is 5.78. The minimum Gasteiger partial charge on any atom is -0.469 e. The molecule has 1 aromatic rings. The lowest BCUT2D eigenvalue weighted by atomic mass is 10.2. The minimum absolute atomic E-state index is 0.0491. The van der Waals surface area contributed by atoms with E-state index >= 15 is 0 Å². The van der Waals surface area contributed by atoms with Crippen LogP contribution in [0.2, 0.25) is 0 Å². The number of nitrogens with zero attached hydrogens (tertiary/aromatic N) is 4. The average Bonchev–Trinajstić information content (AvgIpc) is 3.14. The normalized spacial score (nSPS) is 21.6. The second-order valence-corrected chi connectivity index (χ2v) is 8.50. The van der Waals surface area contributed by atoms with E-state index in [1.807, 2.05) is 19.2 Å². The van der Waals surface area contributed by atoms with Gasteiger partial charge in [-0.05, 0) is 19.2 Å². The molecule has 2 aliphatic heterocycles. The first-order valence-electron chi connectivity index (χ1n) is 8.71. The first kappa shape index (κ1) is 18.4. The van der Waals surface area contributed by atoms with Crippen molar-refractivity contribution >= 4 is 16.1 Å². The number of furan rings is 1. The van der Waals surface area contributed by atoms with E-state index in [2.05, 4.69) is 4.90 Å². The van der Waals surface area contributed by atoms with Gasteiger partial charge >= 0.3 is 0 Å².